The maximum Gasteiger partial charge on any atom is 0.230 e. The van der Waals surface area contributed by atoms with Crippen LogP contribution in [-0.2, 0) is 4.79 Å². The lowest BCUT2D eigenvalue weighted by molar-refractivity contribution is -0.123. The lowest BCUT2D eigenvalue weighted by atomic mass is 9.82. The summed E-state index contributed by atoms with van der Waals surface area (Å²) < 4.78 is 0. The Hall–Kier alpha value is -1.51. The van der Waals surface area contributed by atoms with Gasteiger partial charge in [-0.3, -0.25) is 4.79 Å². The van der Waals surface area contributed by atoms with Crippen LogP contribution in [0.2, 0.25) is 0 Å². The summed E-state index contributed by atoms with van der Waals surface area (Å²) in [5.74, 6) is 1.32. The smallest absolute Gasteiger partial charge is 0.230 e. The highest BCUT2D eigenvalue weighted by Gasteiger charge is 2.28. The molecule has 104 valence electrons. The van der Waals surface area contributed by atoms with E-state index in [1.54, 1.807) is 23.1 Å². The van der Waals surface area contributed by atoms with E-state index >= 15 is 0 Å². The Bertz CT molecular complexity index is 436. The van der Waals surface area contributed by atoms with E-state index < -0.39 is 0 Å². The fourth-order valence-corrected chi connectivity index (χ4v) is 2.85. The molecule has 1 aromatic carbocycles. The van der Waals surface area contributed by atoms with Crippen LogP contribution in [0.5, 0.6) is 5.75 Å². The van der Waals surface area contributed by atoms with Gasteiger partial charge in [-0.25, -0.2) is 0 Å². The normalized spacial score (nSPS) is 23.1. The summed E-state index contributed by atoms with van der Waals surface area (Å²) in [5, 5.41) is 9.55. The van der Waals surface area contributed by atoms with Crippen molar-refractivity contribution >= 4 is 11.6 Å². The minimum Gasteiger partial charge on any atom is -0.508 e. The van der Waals surface area contributed by atoms with Crippen molar-refractivity contribution in [3.8, 4) is 5.75 Å². The molecule has 0 heterocycles. The molecule has 0 atom stereocenters. The molecule has 1 N–H and O–H groups in total. The topological polar surface area (TPSA) is 40.5 Å². The number of carbonyl (C=O) groups excluding carboxylic acids is 1. The molecule has 0 bridgehead atoms. The number of benzene rings is 1. The second-order valence-corrected chi connectivity index (χ2v) is 5.56. The number of amides is 1. The summed E-state index contributed by atoms with van der Waals surface area (Å²) in [6.45, 7) is 4.88. The van der Waals surface area contributed by atoms with Crippen LogP contribution < -0.4 is 4.90 Å². The van der Waals surface area contributed by atoms with Crippen molar-refractivity contribution in [2.24, 2.45) is 11.8 Å². The number of nitrogens with zero attached hydrogens (tertiary/aromatic N) is 1. The molecular weight excluding hydrogens is 238 g/mol. The first-order valence-electron chi connectivity index (χ1n) is 7.22. The Morgan fingerprint density at radius 2 is 2.00 bits per heavy atom. The van der Waals surface area contributed by atoms with E-state index in [1.165, 1.54) is 0 Å². The lowest BCUT2D eigenvalue weighted by Crippen LogP contribution is -2.37. The third-order valence-corrected chi connectivity index (χ3v) is 4.09. The number of phenols is 1. The average Bonchev–Trinajstić information content (AvgIpc) is 2.40. The van der Waals surface area contributed by atoms with Crippen LogP contribution >= 0.6 is 0 Å². The Labute approximate surface area is 115 Å². The quantitative estimate of drug-likeness (QED) is 0.903. The van der Waals surface area contributed by atoms with E-state index in [0.717, 1.165) is 37.3 Å². The highest BCUT2D eigenvalue weighted by molar-refractivity contribution is 5.95. The van der Waals surface area contributed by atoms with Gasteiger partial charge >= 0.3 is 0 Å². The minimum absolute atomic E-state index is 0.151. The second kappa shape index (κ2) is 6.09. The largest absolute Gasteiger partial charge is 0.508 e. The summed E-state index contributed by atoms with van der Waals surface area (Å²) in [7, 11) is 0. The Kier molecular flexibility index (Phi) is 4.46. The summed E-state index contributed by atoms with van der Waals surface area (Å²) in [6, 6.07) is 6.95. The number of hydrogen-bond acceptors (Lipinski definition) is 2. The van der Waals surface area contributed by atoms with Gasteiger partial charge in [-0.2, -0.15) is 0 Å². The molecule has 0 aliphatic heterocycles. The minimum atomic E-state index is 0.151. The Morgan fingerprint density at radius 3 is 2.58 bits per heavy atom. The van der Waals surface area contributed by atoms with Crippen LogP contribution in [-0.4, -0.2) is 17.6 Å². The molecule has 0 saturated heterocycles. The third-order valence-electron chi connectivity index (χ3n) is 4.09. The molecule has 1 aliphatic rings. The van der Waals surface area contributed by atoms with Crippen molar-refractivity contribution in [1.29, 1.82) is 0 Å². The van der Waals surface area contributed by atoms with Gasteiger partial charge in [-0.1, -0.05) is 13.0 Å². The average molecular weight is 261 g/mol. The molecule has 0 spiro atoms. The maximum absolute atomic E-state index is 12.6. The number of aromatic hydroxyl groups is 1. The zero-order valence-electron chi connectivity index (χ0n) is 11.8. The van der Waals surface area contributed by atoms with Gasteiger partial charge in [0.15, 0.2) is 0 Å². The van der Waals surface area contributed by atoms with Crippen molar-refractivity contribution < 1.29 is 9.90 Å². The van der Waals surface area contributed by atoms with Crippen LogP contribution in [0.25, 0.3) is 0 Å². The number of anilines is 1. The predicted molar refractivity (Wildman–Crippen MR) is 77.3 cm³/mol. The number of carbonyl (C=O) groups is 1. The van der Waals surface area contributed by atoms with Gasteiger partial charge in [0.05, 0.1) is 0 Å². The Balaban J connectivity index is 2.11. The van der Waals surface area contributed by atoms with Crippen LogP contribution in [0.3, 0.4) is 0 Å². The van der Waals surface area contributed by atoms with E-state index in [4.69, 9.17) is 0 Å². The molecule has 3 heteroatoms. The molecular formula is C16H23NO2. The van der Waals surface area contributed by atoms with Gasteiger partial charge in [0.2, 0.25) is 5.91 Å². The van der Waals surface area contributed by atoms with Crippen LogP contribution in [0.1, 0.15) is 39.5 Å². The first-order chi connectivity index (χ1) is 9.11. The van der Waals surface area contributed by atoms with Crippen molar-refractivity contribution in [2.75, 3.05) is 11.4 Å². The van der Waals surface area contributed by atoms with Crippen molar-refractivity contribution in [1.82, 2.24) is 0 Å². The highest BCUT2D eigenvalue weighted by Crippen LogP contribution is 2.31. The predicted octanol–water partition coefficient (Wildman–Crippen LogP) is 3.57. The van der Waals surface area contributed by atoms with E-state index in [-0.39, 0.29) is 17.6 Å². The fourth-order valence-electron chi connectivity index (χ4n) is 2.85. The zero-order valence-corrected chi connectivity index (χ0v) is 11.8. The third kappa shape index (κ3) is 3.28. The van der Waals surface area contributed by atoms with Crippen LogP contribution in [0.15, 0.2) is 24.3 Å². The summed E-state index contributed by atoms with van der Waals surface area (Å²) in [6.07, 6.45) is 4.28. The molecule has 0 radical (unpaired) electrons. The molecule has 1 fully saturated rings. The van der Waals surface area contributed by atoms with Crippen molar-refractivity contribution in [3.63, 3.8) is 0 Å². The molecule has 0 aromatic heterocycles. The molecule has 1 aliphatic carbocycles. The van der Waals surface area contributed by atoms with Crippen LogP contribution in [0, 0.1) is 11.8 Å². The van der Waals surface area contributed by atoms with Gasteiger partial charge < -0.3 is 10.0 Å². The highest BCUT2D eigenvalue weighted by atomic mass is 16.3. The van der Waals surface area contributed by atoms with E-state index in [2.05, 4.69) is 6.92 Å². The van der Waals surface area contributed by atoms with Gasteiger partial charge in [0.1, 0.15) is 5.75 Å². The van der Waals surface area contributed by atoms with Gasteiger partial charge in [-0.05, 0) is 50.7 Å². The summed E-state index contributed by atoms with van der Waals surface area (Å²) >= 11 is 0. The summed E-state index contributed by atoms with van der Waals surface area (Å²) in [4.78, 5) is 14.4. The first kappa shape index (κ1) is 13.9. The summed E-state index contributed by atoms with van der Waals surface area (Å²) in [5.41, 5.74) is 0.797. The zero-order chi connectivity index (χ0) is 13.8. The molecule has 2 rings (SSSR count). The van der Waals surface area contributed by atoms with Crippen molar-refractivity contribution in [3.05, 3.63) is 24.3 Å². The molecule has 3 nitrogen and oxygen atoms in total. The fraction of sp³-hybridized carbons (Fsp3) is 0.562. The van der Waals surface area contributed by atoms with E-state index in [9.17, 15) is 9.90 Å². The van der Waals surface area contributed by atoms with E-state index in [0.29, 0.717) is 6.54 Å². The number of hydrogen-bond donors (Lipinski definition) is 1. The van der Waals surface area contributed by atoms with Crippen molar-refractivity contribution in [2.45, 2.75) is 39.5 Å². The molecule has 0 unspecified atom stereocenters. The van der Waals surface area contributed by atoms with Crippen LogP contribution in [0.4, 0.5) is 5.69 Å². The molecule has 19 heavy (non-hydrogen) atoms. The van der Waals surface area contributed by atoms with Gasteiger partial charge in [-0.15, -0.1) is 0 Å². The maximum atomic E-state index is 12.6. The van der Waals surface area contributed by atoms with Gasteiger partial charge in [0, 0.05) is 24.2 Å². The number of rotatable bonds is 3. The second-order valence-electron chi connectivity index (χ2n) is 5.56. The van der Waals surface area contributed by atoms with Gasteiger partial charge in [0.25, 0.3) is 0 Å². The molecule has 1 aromatic rings. The molecule has 1 saturated carbocycles. The monoisotopic (exact) mass is 261 g/mol. The van der Waals surface area contributed by atoms with E-state index in [1.807, 2.05) is 13.0 Å². The first-order valence-corrected chi connectivity index (χ1v) is 7.22. The Morgan fingerprint density at radius 1 is 1.32 bits per heavy atom. The SMILES string of the molecule is CCN(C(=O)C1CCC(C)CC1)c1cccc(O)c1. The number of phenolic OH excluding ortho intramolecular Hbond substituents is 1. The molecule has 1 amide bonds. The lowest BCUT2D eigenvalue weighted by Gasteiger charge is -2.30. The standard InChI is InChI=1S/C16H23NO2/c1-3-17(14-5-4-6-15(18)11-14)16(19)13-9-7-12(2)8-10-13/h4-6,11-13,18H,3,7-10H2,1-2H3.